The lowest BCUT2D eigenvalue weighted by molar-refractivity contribution is 0.247. The van der Waals surface area contributed by atoms with Gasteiger partial charge in [0.05, 0.1) is 0 Å². The van der Waals surface area contributed by atoms with Gasteiger partial charge in [0.25, 0.3) is 0 Å². The van der Waals surface area contributed by atoms with Crippen LogP contribution >= 0.6 is 11.8 Å². The van der Waals surface area contributed by atoms with E-state index in [4.69, 9.17) is 0 Å². The molecule has 0 amide bonds. The Kier molecular flexibility index (Phi) is 3.74. The van der Waals surface area contributed by atoms with Crippen molar-refractivity contribution in [2.45, 2.75) is 43.2 Å². The van der Waals surface area contributed by atoms with Crippen molar-refractivity contribution in [3.63, 3.8) is 0 Å². The molecule has 0 aromatic carbocycles. The van der Waals surface area contributed by atoms with Crippen molar-refractivity contribution in [3.05, 3.63) is 0 Å². The molecule has 0 aromatic rings. The molecule has 2 aliphatic rings. The molecule has 82 valence electrons. The van der Waals surface area contributed by atoms with Crippen LogP contribution in [0.25, 0.3) is 0 Å². The van der Waals surface area contributed by atoms with E-state index in [1.54, 1.807) is 0 Å². The van der Waals surface area contributed by atoms with E-state index in [9.17, 15) is 0 Å². The highest BCUT2D eigenvalue weighted by Gasteiger charge is 2.25. The van der Waals surface area contributed by atoms with E-state index in [1.807, 2.05) is 0 Å². The van der Waals surface area contributed by atoms with Crippen LogP contribution in [0.5, 0.6) is 0 Å². The first-order valence-electron chi connectivity index (χ1n) is 5.85. The molecule has 3 heteroatoms. The summed E-state index contributed by atoms with van der Waals surface area (Å²) < 4.78 is 0. The second kappa shape index (κ2) is 4.86. The summed E-state index contributed by atoms with van der Waals surface area (Å²) in [5.41, 5.74) is 0. The van der Waals surface area contributed by atoms with Crippen molar-refractivity contribution in [2.75, 3.05) is 26.2 Å². The SMILES string of the molecule is CC1CN(C[C@H]2CCCN2)CC(C)S1. The van der Waals surface area contributed by atoms with E-state index >= 15 is 0 Å². The molecule has 0 saturated carbocycles. The highest BCUT2D eigenvalue weighted by atomic mass is 32.2. The zero-order chi connectivity index (χ0) is 9.97. The van der Waals surface area contributed by atoms with Crippen LogP contribution in [-0.4, -0.2) is 47.6 Å². The zero-order valence-corrected chi connectivity index (χ0v) is 10.1. The van der Waals surface area contributed by atoms with E-state index in [1.165, 1.54) is 39.0 Å². The fraction of sp³-hybridized carbons (Fsp3) is 1.00. The van der Waals surface area contributed by atoms with Crippen molar-refractivity contribution in [2.24, 2.45) is 0 Å². The lowest BCUT2D eigenvalue weighted by Gasteiger charge is -2.35. The summed E-state index contributed by atoms with van der Waals surface area (Å²) in [4.78, 5) is 2.65. The standard InChI is InChI=1S/C11H22N2S/c1-9-6-13(7-10(2)14-9)8-11-4-3-5-12-11/h9-12H,3-8H2,1-2H3/t9?,10?,11-/m1/s1. The lowest BCUT2D eigenvalue weighted by atomic mass is 10.2. The number of nitrogens with zero attached hydrogens (tertiary/aromatic N) is 1. The third-order valence-corrected chi connectivity index (χ3v) is 4.36. The van der Waals surface area contributed by atoms with E-state index < -0.39 is 0 Å². The molecule has 2 unspecified atom stereocenters. The minimum atomic E-state index is 0.775. The molecule has 1 N–H and O–H groups in total. The van der Waals surface area contributed by atoms with Gasteiger partial charge in [-0.25, -0.2) is 0 Å². The summed E-state index contributed by atoms with van der Waals surface area (Å²) in [5.74, 6) is 0. The monoisotopic (exact) mass is 214 g/mol. The van der Waals surface area contributed by atoms with Crippen molar-refractivity contribution < 1.29 is 0 Å². The van der Waals surface area contributed by atoms with Gasteiger partial charge in [-0.3, -0.25) is 4.90 Å². The summed E-state index contributed by atoms with van der Waals surface area (Å²) >= 11 is 2.14. The Morgan fingerprint density at radius 1 is 1.29 bits per heavy atom. The molecule has 0 spiro atoms. The Bertz CT molecular complexity index is 170. The van der Waals surface area contributed by atoms with Gasteiger partial charge in [-0.1, -0.05) is 13.8 Å². The molecule has 2 nitrogen and oxygen atoms in total. The summed E-state index contributed by atoms with van der Waals surface area (Å²) in [5, 5.41) is 5.22. The number of rotatable bonds is 2. The van der Waals surface area contributed by atoms with Gasteiger partial charge in [-0.05, 0) is 19.4 Å². The average Bonchev–Trinajstić information content (AvgIpc) is 2.54. The van der Waals surface area contributed by atoms with E-state index in [0.29, 0.717) is 0 Å². The molecule has 2 saturated heterocycles. The molecular formula is C11H22N2S. The van der Waals surface area contributed by atoms with Crippen LogP contribution in [0, 0.1) is 0 Å². The number of hydrogen-bond acceptors (Lipinski definition) is 3. The first kappa shape index (κ1) is 10.8. The van der Waals surface area contributed by atoms with Gasteiger partial charge in [0, 0.05) is 36.2 Å². The van der Waals surface area contributed by atoms with Gasteiger partial charge in [-0.15, -0.1) is 0 Å². The first-order valence-corrected chi connectivity index (χ1v) is 6.79. The molecular weight excluding hydrogens is 192 g/mol. The molecule has 2 fully saturated rings. The predicted octanol–water partition coefficient (Wildman–Crippen LogP) is 1.56. The van der Waals surface area contributed by atoms with Gasteiger partial charge < -0.3 is 5.32 Å². The predicted molar refractivity (Wildman–Crippen MR) is 64.0 cm³/mol. The van der Waals surface area contributed by atoms with Gasteiger partial charge in [0.15, 0.2) is 0 Å². The summed E-state index contributed by atoms with van der Waals surface area (Å²) in [7, 11) is 0. The Morgan fingerprint density at radius 2 is 2.00 bits per heavy atom. The van der Waals surface area contributed by atoms with Crippen LogP contribution in [0.1, 0.15) is 26.7 Å². The second-order valence-electron chi connectivity index (χ2n) is 4.77. The third kappa shape index (κ3) is 2.88. The maximum Gasteiger partial charge on any atom is 0.0195 e. The fourth-order valence-corrected chi connectivity index (χ4v) is 4.04. The van der Waals surface area contributed by atoms with E-state index in [-0.39, 0.29) is 0 Å². The van der Waals surface area contributed by atoms with Gasteiger partial charge in [-0.2, -0.15) is 11.8 Å². The topological polar surface area (TPSA) is 15.3 Å². The lowest BCUT2D eigenvalue weighted by Crippen LogP contribution is -2.46. The quantitative estimate of drug-likeness (QED) is 0.751. The Morgan fingerprint density at radius 3 is 2.57 bits per heavy atom. The average molecular weight is 214 g/mol. The zero-order valence-electron chi connectivity index (χ0n) is 9.33. The van der Waals surface area contributed by atoms with Gasteiger partial charge in [0.2, 0.25) is 0 Å². The molecule has 14 heavy (non-hydrogen) atoms. The summed E-state index contributed by atoms with van der Waals surface area (Å²) in [6.45, 7) is 9.79. The van der Waals surface area contributed by atoms with Gasteiger partial charge in [0.1, 0.15) is 0 Å². The van der Waals surface area contributed by atoms with Gasteiger partial charge >= 0.3 is 0 Å². The number of hydrogen-bond donors (Lipinski definition) is 1. The normalized spacial score (nSPS) is 40.3. The molecule has 0 aromatic heterocycles. The number of nitrogens with one attached hydrogen (secondary N) is 1. The van der Waals surface area contributed by atoms with Crippen LogP contribution in [0.4, 0.5) is 0 Å². The molecule has 0 radical (unpaired) electrons. The largest absolute Gasteiger partial charge is 0.313 e. The minimum Gasteiger partial charge on any atom is -0.313 e. The molecule has 2 aliphatic heterocycles. The molecule has 2 heterocycles. The first-order chi connectivity index (χ1) is 6.74. The van der Waals surface area contributed by atoms with Crippen LogP contribution in [-0.2, 0) is 0 Å². The third-order valence-electron chi connectivity index (χ3n) is 3.14. The van der Waals surface area contributed by atoms with Crippen molar-refractivity contribution in [1.82, 2.24) is 10.2 Å². The van der Waals surface area contributed by atoms with Crippen LogP contribution in [0.2, 0.25) is 0 Å². The van der Waals surface area contributed by atoms with Crippen LogP contribution in [0.15, 0.2) is 0 Å². The maximum atomic E-state index is 3.59. The Balaban J connectivity index is 1.78. The molecule has 0 aliphatic carbocycles. The second-order valence-corrected chi connectivity index (χ2v) is 6.65. The summed E-state index contributed by atoms with van der Waals surface area (Å²) in [6.07, 6.45) is 2.75. The van der Waals surface area contributed by atoms with Crippen molar-refractivity contribution >= 4 is 11.8 Å². The Labute approximate surface area is 91.8 Å². The highest BCUT2D eigenvalue weighted by molar-refractivity contribution is 8.00. The highest BCUT2D eigenvalue weighted by Crippen LogP contribution is 2.25. The van der Waals surface area contributed by atoms with Crippen LogP contribution in [0.3, 0.4) is 0 Å². The summed E-state index contributed by atoms with van der Waals surface area (Å²) in [6, 6.07) is 0.775. The maximum absolute atomic E-state index is 3.59. The van der Waals surface area contributed by atoms with Crippen molar-refractivity contribution in [1.29, 1.82) is 0 Å². The molecule has 0 bridgehead atoms. The van der Waals surface area contributed by atoms with E-state index in [0.717, 1.165) is 16.5 Å². The molecule has 2 rings (SSSR count). The van der Waals surface area contributed by atoms with Crippen LogP contribution < -0.4 is 5.32 Å². The van der Waals surface area contributed by atoms with Crippen molar-refractivity contribution in [3.8, 4) is 0 Å². The molecule has 3 atom stereocenters. The minimum absolute atomic E-state index is 0.775. The fourth-order valence-electron chi connectivity index (χ4n) is 2.66. The number of thioether (sulfide) groups is 1. The van der Waals surface area contributed by atoms with E-state index in [2.05, 4.69) is 35.8 Å². The Hall–Kier alpha value is 0.270. The smallest absolute Gasteiger partial charge is 0.0195 e.